The Kier molecular flexibility index (Phi) is 3.96. The molecule has 0 amide bonds. The van der Waals surface area contributed by atoms with Crippen molar-refractivity contribution in [3.63, 3.8) is 0 Å². The molecule has 4 heteroatoms. The Labute approximate surface area is 116 Å². The number of carbonyl (C=O) groups is 1. The summed E-state index contributed by atoms with van der Waals surface area (Å²) >= 11 is 6.08. The number of furan rings is 1. The van der Waals surface area contributed by atoms with Crippen LogP contribution in [-0.2, 0) is 4.79 Å². The van der Waals surface area contributed by atoms with Crippen LogP contribution >= 0.6 is 11.6 Å². The summed E-state index contributed by atoms with van der Waals surface area (Å²) < 4.78 is 5.75. The third kappa shape index (κ3) is 2.99. The zero-order chi connectivity index (χ0) is 14.0. The van der Waals surface area contributed by atoms with Gasteiger partial charge in [0.2, 0.25) is 0 Å². The van der Waals surface area contributed by atoms with Gasteiger partial charge in [-0.05, 0) is 30.7 Å². The molecule has 0 aliphatic heterocycles. The molecule has 19 heavy (non-hydrogen) atoms. The van der Waals surface area contributed by atoms with Crippen LogP contribution in [0.2, 0.25) is 5.02 Å². The molecule has 0 fully saturated rings. The largest absolute Gasteiger partial charge is 0.481 e. The Balaban J connectivity index is 2.30. The van der Waals surface area contributed by atoms with Crippen LogP contribution in [-0.4, -0.2) is 11.1 Å². The van der Waals surface area contributed by atoms with Crippen molar-refractivity contribution in [2.45, 2.75) is 26.2 Å². The second-order valence-corrected chi connectivity index (χ2v) is 5.02. The van der Waals surface area contributed by atoms with E-state index in [2.05, 4.69) is 0 Å². The van der Waals surface area contributed by atoms with E-state index in [1.165, 1.54) is 0 Å². The molecule has 1 unspecified atom stereocenters. The summed E-state index contributed by atoms with van der Waals surface area (Å²) in [5.41, 5.74) is 1.89. The maximum atomic E-state index is 10.7. The normalized spacial score (nSPS) is 12.4. The van der Waals surface area contributed by atoms with Gasteiger partial charge in [-0.25, -0.2) is 0 Å². The summed E-state index contributed by atoms with van der Waals surface area (Å²) in [4.78, 5) is 10.7. The lowest BCUT2D eigenvalue weighted by atomic mass is 10.1. The maximum absolute atomic E-state index is 10.7. The van der Waals surface area contributed by atoms with Gasteiger partial charge < -0.3 is 9.52 Å². The second-order valence-electron chi connectivity index (χ2n) is 4.61. The molecule has 1 aromatic carbocycles. The number of rotatable bonds is 4. The molecular formula is C15H15ClO3. The van der Waals surface area contributed by atoms with Crippen molar-refractivity contribution in [2.24, 2.45) is 0 Å². The van der Waals surface area contributed by atoms with Crippen molar-refractivity contribution < 1.29 is 14.3 Å². The van der Waals surface area contributed by atoms with Crippen molar-refractivity contribution in [1.29, 1.82) is 0 Å². The van der Waals surface area contributed by atoms with E-state index in [9.17, 15) is 4.79 Å². The summed E-state index contributed by atoms with van der Waals surface area (Å²) in [5.74, 6) is 0.416. The first-order chi connectivity index (χ1) is 8.99. The smallest absolute Gasteiger partial charge is 0.304 e. The molecule has 2 rings (SSSR count). The van der Waals surface area contributed by atoms with Crippen molar-refractivity contribution in [3.05, 3.63) is 46.7 Å². The van der Waals surface area contributed by atoms with Crippen LogP contribution < -0.4 is 0 Å². The van der Waals surface area contributed by atoms with E-state index in [4.69, 9.17) is 21.1 Å². The average molecular weight is 279 g/mol. The Bertz CT molecular complexity index is 601. The summed E-state index contributed by atoms with van der Waals surface area (Å²) in [6, 6.07) is 9.31. The molecule has 0 saturated heterocycles. The lowest BCUT2D eigenvalue weighted by Gasteiger charge is -2.06. The molecule has 0 radical (unpaired) electrons. The first-order valence-corrected chi connectivity index (χ1v) is 6.44. The first-order valence-electron chi connectivity index (χ1n) is 6.06. The number of halogens is 1. The molecule has 0 aliphatic carbocycles. The molecule has 0 spiro atoms. The van der Waals surface area contributed by atoms with Gasteiger partial charge >= 0.3 is 5.97 Å². The predicted octanol–water partition coefficient (Wildman–Crippen LogP) is 4.49. The molecule has 1 aromatic heterocycles. The Morgan fingerprint density at radius 2 is 2.11 bits per heavy atom. The maximum Gasteiger partial charge on any atom is 0.304 e. The van der Waals surface area contributed by atoms with Crippen molar-refractivity contribution in [3.8, 4) is 11.3 Å². The van der Waals surface area contributed by atoms with Gasteiger partial charge in [0.15, 0.2) is 0 Å². The van der Waals surface area contributed by atoms with E-state index in [1.807, 2.05) is 44.2 Å². The number of aliphatic carboxylic acids is 1. The Hall–Kier alpha value is -1.74. The third-order valence-corrected chi connectivity index (χ3v) is 3.54. The fraction of sp³-hybridized carbons (Fsp3) is 0.267. The van der Waals surface area contributed by atoms with E-state index >= 15 is 0 Å². The van der Waals surface area contributed by atoms with Crippen molar-refractivity contribution in [1.82, 2.24) is 0 Å². The first kappa shape index (κ1) is 13.7. The van der Waals surface area contributed by atoms with Crippen LogP contribution in [0.3, 0.4) is 0 Å². The van der Waals surface area contributed by atoms with Crippen LogP contribution in [0.25, 0.3) is 11.3 Å². The van der Waals surface area contributed by atoms with Crippen LogP contribution in [0.15, 0.2) is 34.7 Å². The Morgan fingerprint density at radius 3 is 2.79 bits per heavy atom. The minimum atomic E-state index is -0.829. The SMILES string of the molecule is Cc1c(Cl)cccc1-c1ccc(C(C)CC(=O)O)o1. The van der Waals surface area contributed by atoms with Gasteiger partial charge in [-0.3, -0.25) is 4.79 Å². The van der Waals surface area contributed by atoms with Crippen LogP contribution in [0.1, 0.15) is 30.6 Å². The minimum absolute atomic E-state index is 0.0570. The van der Waals surface area contributed by atoms with Gasteiger partial charge in [-0.2, -0.15) is 0 Å². The second kappa shape index (κ2) is 5.49. The molecule has 0 saturated carbocycles. The number of carboxylic acids is 1. The predicted molar refractivity (Wildman–Crippen MR) is 74.6 cm³/mol. The highest BCUT2D eigenvalue weighted by Gasteiger charge is 2.16. The standard InChI is InChI=1S/C15H15ClO3/c1-9(8-15(17)18)13-6-7-14(19-13)11-4-3-5-12(16)10(11)2/h3-7,9H,8H2,1-2H3,(H,17,18). The molecule has 3 nitrogen and oxygen atoms in total. The fourth-order valence-corrected chi connectivity index (χ4v) is 2.17. The van der Waals surface area contributed by atoms with E-state index in [0.717, 1.165) is 11.1 Å². The monoisotopic (exact) mass is 278 g/mol. The highest BCUT2D eigenvalue weighted by atomic mass is 35.5. The van der Waals surface area contributed by atoms with Gasteiger partial charge in [0.05, 0.1) is 6.42 Å². The molecule has 2 aromatic rings. The zero-order valence-electron chi connectivity index (χ0n) is 10.8. The molecule has 0 aliphatic rings. The van der Waals surface area contributed by atoms with Gasteiger partial charge in [0.1, 0.15) is 11.5 Å². The van der Waals surface area contributed by atoms with Crippen LogP contribution in [0.4, 0.5) is 0 Å². The van der Waals surface area contributed by atoms with Gasteiger partial charge in [0, 0.05) is 16.5 Å². The lowest BCUT2D eigenvalue weighted by Crippen LogP contribution is -2.01. The number of benzene rings is 1. The van der Waals surface area contributed by atoms with Gasteiger partial charge in [-0.15, -0.1) is 0 Å². The van der Waals surface area contributed by atoms with Gasteiger partial charge in [-0.1, -0.05) is 30.7 Å². The van der Waals surface area contributed by atoms with E-state index in [0.29, 0.717) is 16.5 Å². The molecular weight excluding hydrogens is 264 g/mol. The zero-order valence-corrected chi connectivity index (χ0v) is 11.6. The molecule has 0 bridgehead atoms. The van der Waals surface area contributed by atoms with Crippen LogP contribution in [0.5, 0.6) is 0 Å². The highest BCUT2D eigenvalue weighted by molar-refractivity contribution is 6.31. The molecule has 100 valence electrons. The highest BCUT2D eigenvalue weighted by Crippen LogP contribution is 2.32. The summed E-state index contributed by atoms with van der Waals surface area (Å²) in [6.07, 6.45) is 0.0570. The molecule has 1 N–H and O–H groups in total. The van der Waals surface area contributed by atoms with Crippen molar-refractivity contribution in [2.75, 3.05) is 0 Å². The third-order valence-electron chi connectivity index (χ3n) is 3.13. The lowest BCUT2D eigenvalue weighted by molar-refractivity contribution is -0.137. The van der Waals surface area contributed by atoms with E-state index in [-0.39, 0.29) is 12.3 Å². The topological polar surface area (TPSA) is 50.4 Å². The molecule has 1 atom stereocenters. The summed E-state index contributed by atoms with van der Waals surface area (Å²) in [5, 5.41) is 9.48. The summed E-state index contributed by atoms with van der Waals surface area (Å²) in [7, 11) is 0. The number of hydrogen-bond donors (Lipinski definition) is 1. The molecule has 1 heterocycles. The van der Waals surface area contributed by atoms with Crippen LogP contribution in [0, 0.1) is 6.92 Å². The summed E-state index contributed by atoms with van der Waals surface area (Å²) in [6.45, 7) is 3.77. The van der Waals surface area contributed by atoms with Crippen molar-refractivity contribution >= 4 is 17.6 Å². The van der Waals surface area contributed by atoms with E-state index < -0.39 is 5.97 Å². The number of hydrogen-bond acceptors (Lipinski definition) is 2. The van der Waals surface area contributed by atoms with Gasteiger partial charge in [0.25, 0.3) is 0 Å². The quantitative estimate of drug-likeness (QED) is 0.896. The number of carboxylic acid groups (broad SMARTS) is 1. The minimum Gasteiger partial charge on any atom is -0.481 e. The Morgan fingerprint density at radius 1 is 1.37 bits per heavy atom. The van der Waals surface area contributed by atoms with E-state index in [1.54, 1.807) is 0 Å². The fourth-order valence-electron chi connectivity index (χ4n) is 2.00. The average Bonchev–Trinajstić information content (AvgIpc) is 2.81.